The van der Waals surface area contributed by atoms with Crippen molar-refractivity contribution in [1.82, 2.24) is 0 Å². The van der Waals surface area contributed by atoms with Gasteiger partial charge in [-0.25, -0.2) is 0 Å². The number of rotatable bonds is 6. The molecule has 0 bridgehead atoms. The summed E-state index contributed by atoms with van der Waals surface area (Å²) in [5, 5.41) is 0. The molecule has 0 radical (unpaired) electrons. The van der Waals surface area contributed by atoms with Crippen LogP contribution in [0, 0.1) is 27.7 Å². The van der Waals surface area contributed by atoms with E-state index < -0.39 is 0 Å². The molecule has 0 nitrogen and oxygen atoms in total. The predicted octanol–water partition coefficient (Wildman–Crippen LogP) is 13.7. The van der Waals surface area contributed by atoms with Crippen LogP contribution in [0.3, 0.4) is 0 Å². The molecule has 8 aliphatic rings. The van der Waals surface area contributed by atoms with Crippen LogP contribution in [0.15, 0.2) is 170 Å². The third-order valence-electron chi connectivity index (χ3n) is 11.4. The van der Waals surface area contributed by atoms with Crippen molar-refractivity contribution in [2.45, 2.75) is 39.5 Å². The first-order chi connectivity index (χ1) is 25.5. The molecule has 0 saturated carbocycles. The Kier molecular flexibility index (Phi) is 7.97. The van der Waals surface area contributed by atoms with Crippen LogP contribution in [0.4, 0.5) is 0 Å². The second-order valence-electron chi connectivity index (χ2n) is 14.6. The standard InChI is InChI=1S/C52H42/c1-33-28-47(43-24-13-5-9-20-39(33)43)51(48-29-34(2)40-21-10-6-14-25-44(40)48)37-18-17-19-38(32-37)52(49-30-35(3)41-22-11-7-15-26-45(41)49)50-31-36(4)42-23-12-8-16-27-46(42)50/h5-32,51-52H,1-4H3. The van der Waals surface area contributed by atoms with Crippen molar-refractivity contribution in [3.63, 3.8) is 0 Å². The predicted molar refractivity (Wildman–Crippen MR) is 220 cm³/mol. The Labute approximate surface area is 308 Å². The van der Waals surface area contributed by atoms with Gasteiger partial charge in [0.2, 0.25) is 0 Å². The van der Waals surface area contributed by atoms with Crippen LogP contribution in [0.2, 0.25) is 0 Å². The van der Waals surface area contributed by atoms with Gasteiger partial charge in [0.1, 0.15) is 0 Å². The summed E-state index contributed by atoms with van der Waals surface area (Å²) in [7, 11) is 0. The molecule has 9 rings (SSSR count). The molecule has 0 saturated heterocycles. The quantitative estimate of drug-likeness (QED) is 0.166. The van der Waals surface area contributed by atoms with Gasteiger partial charge in [0.05, 0.1) is 0 Å². The van der Waals surface area contributed by atoms with Crippen molar-refractivity contribution in [2.24, 2.45) is 0 Å². The lowest BCUT2D eigenvalue weighted by Crippen LogP contribution is -2.07. The van der Waals surface area contributed by atoms with E-state index in [2.05, 4.69) is 198 Å². The van der Waals surface area contributed by atoms with Crippen molar-refractivity contribution in [1.29, 1.82) is 0 Å². The minimum atomic E-state index is 0.0460. The van der Waals surface area contributed by atoms with Gasteiger partial charge in [0.15, 0.2) is 0 Å². The fraction of sp³-hybridized carbons (Fsp3) is 0.115. The molecule has 0 unspecified atom stereocenters. The van der Waals surface area contributed by atoms with Gasteiger partial charge >= 0.3 is 0 Å². The first-order valence-corrected chi connectivity index (χ1v) is 18.5. The van der Waals surface area contributed by atoms with Crippen LogP contribution >= 0.6 is 0 Å². The molecule has 0 atom stereocenters. The minimum Gasteiger partial charge on any atom is -0.0622 e. The Morgan fingerprint density at radius 1 is 0.250 bits per heavy atom. The highest BCUT2D eigenvalue weighted by Crippen LogP contribution is 2.50. The zero-order valence-corrected chi connectivity index (χ0v) is 30.3. The molecule has 1 aromatic rings. The van der Waals surface area contributed by atoms with Gasteiger partial charge in [-0.3, -0.25) is 0 Å². The Morgan fingerprint density at radius 2 is 0.500 bits per heavy atom. The highest BCUT2D eigenvalue weighted by atomic mass is 14.3. The lowest BCUT2D eigenvalue weighted by atomic mass is 9.79. The molecule has 1 aromatic carbocycles. The van der Waals surface area contributed by atoms with Crippen molar-refractivity contribution >= 4 is 0 Å². The van der Waals surface area contributed by atoms with Gasteiger partial charge < -0.3 is 0 Å². The van der Waals surface area contributed by atoms with Crippen LogP contribution in [0.5, 0.6) is 0 Å². The number of hydrogen-bond acceptors (Lipinski definition) is 0. The van der Waals surface area contributed by atoms with Gasteiger partial charge in [0.25, 0.3) is 0 Å². The summed E-state index contributed by atoms with van der Waals surface area (Å²) in [4.78, 5) is 0. The summed E-state index contributed by atoms with van der Waals surface area (Å²) < 4.78 is 0. The minimum absolute atomic E-state index is 0.0460. The lowest BCUT2D eigenvalue weighted by molar-refractivity contribution is 0.954. The molecule has 0 N–H and O–H groups in total. The zero-order chi connectivity index (χ0) is 35.3. The van der Waals surface area contributed by atoms with Gasteiger partial charge in [-0.15, -0.1) is 0 Å². The first-order valence-electron chi connectivity index (χ1n) is 18.5. The van der Waals surface area contributed by atoms with Crippen molar-refractivity contribution in [2.75, 3.05) is 0 Å². The van der Waals surface area contributed by atoms with E-state index in [0.29, 0.717) is 0 Å². The SMILES string of the molecule is Cc1cc(C(c2cccc(C(c3cc(C)c4cccccc3-4)c3cc(C)c4cccccc3-4)c2)c2cc(C)c3cccccc2-3)c2cccccc1-2. The molecule has 0 spiro atoms. The van der Waals surface area contributed by atoms with Crippen LogP contribution in [0.1, 0.15) is 67.5 Å². The maximum Gasteiger partial charge on any atom is 0.0352 e. The second-order valence-corrected chi connectivity index (χ2v) is 14.6. The zero-order valence-electron chi connectivity index (χ0n) is 30.3. The third kappa shape index (κ3) is 5.30. The Bertz CT molecular complexity index is 2250. The largest absolute Gasteiger partial charge is 0.0622 e. The molecule has 0 aromatic heterocycles. The van der Waals surface area contributed by atoms with Crippen LogP contribution in [-0.2, 0) is 0 Å². The van der Waals surface area contributed by atoms with E-state index in [1.54, 1.807) is 0 Å². The van der Waals surface area contributed by atoms with Gasteiger partial charge in [-0.1, -0.05) is 170 Å². The number of fused-ring (bicyclic) bond motifs is 4. The highest BCUT2D eigenvalue weighted by molar-refractivity contribution is 5.83. The summed E-state index contributed by atoms with van der Waals surface area (Å²) >= 11 is 0. The molecule has 0 fully saturated rings. The van der Waals surface area contributed by atoms with E-state index in [0.717, 1.165) is 0 Å². The summed E-state index contributed by atoms with van der Waals surface area (Å²) in [6, 6.07) is 63.7. The molecular weight excluding hydrogens is 625 g/mol. The van der Waals surface area contributed by atoms with E-state index in [-0.39, 0.29) is 11.8 Å². The summed E-state index contributed by atoms with van der Waals surface area (Å²) in [6.07, 6.45) is 0. The smallest absolute Gasteiger partial charge is 0.0352 e. The fourth-order valence-corrected chi connectivity index (χ4v) is 9.05. The summed E-state index contributed by atoms with van der Waals surface area (Å²) in [5.41, 5.74) is 23.9. The maximum atomic E-state index is 2.53. The second kappa shape index (κ2) is 13.0. The third-order valence-corrected chi connectivity index (χ3v) is 11.4. The van der Waals surface area contributed by atoms with E-state index in [1.807, 2.05) is 0 Å². The summed E-state index contributed by atoms with van der Waals surface area (Å²) in [6.45, 7) is 9.04. The number of benzene rings is 1. The van der Waals surface area contributed by atoms with E-state index in [9.17, 15) is 0 Å². The highest BCUT2D eigenvalue weighted by Gasteiger charge is 2.31. The molecule has 8 aliphatic carbocycles. The maximum absolute atomic E-state index is 2.53. The molecular formula is C52H42. The average molecular weight is 667 g/mol. The van der Waals surface area contributed by atoms with E-state index in [1.165, 1.54) is 100 Å². The van der Waals surface area contributed by atoms with E-state index >= 15 is 0 Å². The van der Waals surface area contributed by atoms with Crippen molar-refractivity contribution in [3.05, 3.63) is 225 Å². The molecule has 250 valence electrons. The molecule has 0 amide bonds. The summed E-state index contributed by atoms with van der Waals surface area (Å²) in [5.74, 6) is 0.0920. The van der Waals surface area contributed by atoms with Crippen LogP contribution < -0.4 is 0 Å². The van der Waals surface area contributed by atoms with E-state index in [4.69, 9.17) is 0 Å². The van der Waals surface area contributed by atoms with Crippen LogP contribution in [0.25, 0.3) is 44.5 Å². The number of aryl methyl sites for hydroxylation is 4. The Balaban J connectivity index is 1.32. The van der Waals surface area contributed by atoms with Crippen molar-refractivity contribution in [3.8, 4) is 44.5 Å². The molecule has 0 aliphatic heterocycles. The molecule has 0 heteroatoms. The van der Waals surface area contributed by atoms with Gasteiger partial charge in [0, 0.05) is 11.8 Å². The van der Waals surface area contributed by atoms with Crippen molar-refractivity contribution < 1.29 is 0 Å². The van der Waals surface area contributed by atoms with Gasteiger partial charge in [-0.2, -0.15) is 0 Å². The normalized spacial score (nSPS) is 11.8. The Hall–Kier alpha value is -5.98. The van der Waals surface area contributed by atoms with Crippen LogP contribution in [-0.4, -0.2) is 0 Å². The number of hydrogen-bond donors (Lipinski definition) is 0. The Morgan fingerprint density at radius 3 is 0.769 bits per heavy atom. The average Bonchev–Trinajstić information content (AvgIpc) is 3.51. The topological polar surface area (TPSA) is 0 Å². The lowest BCUT2D eigenvalue weighted by Gasteiger charge is -2.24. The first kappa shape index (κ1) is 32.0. The molecule has 52 heavy (non-hydrogen) atoms. The molecule has 0 heterocycles. The monoisotopic (exact) mass is 666 g/mol. The van der Waals surface area contributed by atoms with Gasteiger partial charge in [-0.05, 0) is 128 Å². The fourth-order valence-electron chi connectivity index (χ4n) is 9.05.